The molecule has 6 nitrogen and oxygen atoms in total. The van der Waals surface area contributed by atoms with Crippen molar-refractivity contribution in [2.24, 2.45) is 0 Å². The summed E-state index contributed by atoms with van der Waals surface area (Å²) in [4.78, 5) is 24.7. The van der Waals surface area contributed by atoms with Gasteiger partial charge in [0, 0.05) is 6.54 Å². The average molecular weight is 405 g/mol. The van der Waals surface area contributed by atoms with Crippen molar-refractivity contribution in [2.75, 3.05) is 20.8 Å². The Balaban J connectivity index is 1.58. The number of methoxy groups -OCH3 is 2. The molecule has 0 fully saturated rings. The fourth-order valence-electron chi connectivity index (χ4n) is 2.98. The molecule has 1 amide bonds. The monoisotopic (exact) mass is 405 g/mol. The number of hydrogen-bond acceptors (Lipinski definition) is 5. The molecule has 0 saturated carbocycles. The summed E-state index contributed by atoms with van der Waals surface area (Å²) >= 11 is 0. The molecule has 0 aliphatic heterocycles. The Morgan fingerprint density at radius 3 is 2.27 bits per heavy atom. The topological polar surface area (TPSA) is 73.9 Å². The van der Waals surface area contributed by atoms with Gasteiger partial charge >= 0.3 is 5.97 Å². The van der Waals surface area contributed by atoms with Crippen molar-refractivity contribution in [3.63, 3.8) is 0 Å². The molecule has 0 aliphatic carbocycles. The molecule has 3 rings (SSSR count). The Bertz CT molecular complexity index is 1020. The maximum atomic E-state index is 12.5. The number of amides is 1. The van der Waals surface area contributed by atoms with Gasteiger partial charge in [-0.1, -0.05) is 54.6 Å². The summed E-state index contributed by atoms with van der Waals surface area (Å²) < 4.78 is 15.7. The SMILES string of the molecule is COc1ccc(CNC(=O)COC(=O)c2ccccc2-c2ccccc2)cc1OC. The summed E-state index contributed by atoms with van der Waals surface area (Å²) in [5.74, 6) is 0.248. The first-order chi connectivity index (χ1) is 14.6. The number of ether oxygens (including phenoxy) is 3. The number of rotatable bonds is 8. The molecule has 0 bridgehead atoms. The van der Waals surface area contributed by atoms with Gasteiger partial charge in [0.05, 0.1) is 19.8 Å². The van der Waals surface area contributed by atoms with Crippen LogP contribution in [0.3, 0.4) is 0 Å². The lowest BCUT2D eigenvalue weighted by molar-refractivity contribution is -0.124. The van der Waals surface area contributed by atoms with Crippen molar-refractivity contribution in [2.45, 2.75) is 6.54 Å². The van der Waals surface area contributed by atoms with E-state index in [9.17, 15) is 9.59 Å². The molecule has 0 heterocycles. The first kappa shape index (κ1) is 20.9. The molecule has 3 aromatic rings. The van der Waals surface area contributed by atoms with Gasteiger partial charge in [0.1, 0.15) is 0 Å². The number of benzene rings is 3. The van der Waals surface area contributed by atoms with Crippen LogP contribution in [0.1, 0.15) is 15.9 Å². The Kier molecular flexibility index (Phi) is 7.05. The highest BCUT2D eigenvalue weighted by atomic mass is 16.5. The Labute approximate surface area is 175 Å². The molecular weight excluding hydrogens is 382 g/mol. The molecule has 30 heavy (non-hydrogen) atoms. The zero-order chi connectivity index (χ0) is 21.3. The second kappa shape index (κ2) is 10.1. The van der Waals surface area contributed by atoms with Crippen LogP contribution in [0.2, 0.25) is 0 Å². The van der Waals surface area contributed by atoms with Gasteiger partial charge in [0.25, 0.3) is 5.91 Å². The van der Waals surface area contributed by atoms with E-state index in [1.54, 1.807) is 38.5 Å². The van der Waals surface area contributed by atoms with E-state index in [-0.39, 0.29) is 13.2 Å². The van der Waals surface area contributed by atoms with E-state index >= 15 is 0 Å². The Morgan fingerprint density at radius 2 is 1.53 bits per heavy atom. The van der Waals surface area contributed by atoms with Gasteiger partial charge in [0.15, 0.2) is 18.1 Å². The van der Waals surface area contributed by atoms with Crippen molar-refractivity contribution >= 4 is 11.9 Å². The van der Waals surface area contributed by atoms with Crippen LogP contribution < -0.4 is 14.8 Å². The Hall–Kier alpha value is -3.80. The first-order valence-corrected chi connectivity index (χ1v) is 9.41. The van der Waals surface area contributed by atoms with Gasteiger partial charge in [-0.15, -0.1) is 0 Å². The number of nitrogens with one attached hydrogen (secondary N) is 1. The maximum Gasteiger partial charge on any atom is 0.339 e. The highest BCUT2D eigenvalue weighted by Gasteiger charge is 2.15. The van der Waals surface area contributed by atoms with Crippen LogP contribution in [-0.4, -0.2) is 32.7 Å². The molecule has 0 aliphatic rings. The fourth-order valence-corrected chi connectivity index (χ4v) is 2.98. The zero-order valence-electron chi connectivity index (χ0n) is 16.9. The van der Waals surface area contributed by atoms with E-state index in [2.05, 4.69) is 5.32 Å². The summed E-state index contributed by atoms with van der Waals surface area (Å²) in [6.07, 6.45) is 0. The van der Waals surface area contributed by atoms with Crippen LogP contribution >= 0.6 is 0 Å². The van der Waals surface area contributed by atoms with Crippen molar-refractivity contribution in [1.82, 2.24) is 5.32 Å². The number of esters is 1. The van der Waals surface area contributed by atoms with E-state index < -0.39 is 11.9 Å². The lowest BCUT2D eigenvalue weighted by Gasteiger charge is -2.11. The van der Waals surface area contributed by atoms with Gasteiger partial charge in [-0.25, -0.2) is 4.79 Å². The molecular formula is C24H23NO5. The average Bonchev–Trinajstić information content (AvgIpc) is 2.81. The van der Waals surface area contributed by atoms with E-state index in [0.29, 0.717) is 17.1 Å². The third kappa shape index (κ3) is 5.17. The highest BCUT2D eigenvalue weighted by molar-refractivity contribution is 5.98. The van der Waals surface area contributed by atoms with Gasteiger partial charge in [0.2, 0.25) is 0 Å². The van der Waals surface area contributed by atoms with E-state index in [1.807, 2.05) is 48.5 Å². The smallest absolute Gasteiger partial charge is 0.339 e. The summed E-state index contributed by atoms with van der Waals surface area (Å²) in [7, 11) is 3.11. The molecule has 0 saturated heterocycles. The predicted molar refractivity (Wildman–Crippen MR) is 114 cm³/mol. The van der Waals surface area contributed by atoms with Crippen LogP contribution in [0.15, 0.2) is 72.8 Å². The van der Waals surface area contributed by atoms with Crippen molar-refractivity contribution < 1.29 is 23.8 Å². The lowest BCUT2D eigenvalue weighted by atomic mass is 10.00. The van der Waals surface area contributed by atoms with Crippen LogP contribution in [0.5, 0.6) is 11.5 Å². The fraction of sp³-hybridized carbons (Fsp3) is 0.167. The molecule has 154 valence electrons. The maximum absolute atomic E-state index is 12.5. The second-order valence-corrected chi connectivity index (χ2v) is 6.45. The van der Waals surface area contributed by atoms with Crippen LogP contribution in [0.4, 0.5) is 0 Å². The van der Waals surface area contributed by atoms with E-state index in [0.717, 1.165) is 16.7 Å². The Morgan fingerprint density at radius 1 is 0.833 bits per heavy atom. The minimum absolute atomic E-state index is 0.275. The third-order valence-corrected chi connectivity index (χ3v) is 4.50. The lowest BCUT2D eigenvalue weighted by Crippen LogP contribution is -2.28. The first-order valence-electron chi connectivity index (χ1n) is 9.41. The minimum atomic E-state index is -0.546. The molecule has 6 heteroatoms. The summed E-state index contributed by atoms with van der Waals surface area (Å²) in [6, 6.07) is 22.1. The third-order valence-electron chi connectivity index (χ3n) is 4.50. The minimum Gasteiger partial charge on any atom is -0.493 e. The van der Waals surface area contributed by atoms with Gasteiger partial charge in [-0.2, -0.15) is 0 Å². The number of carbonyl (C=O) groups is 2. The van der Waals surface area contributed by atoms with Gasteiger partial charge in [-0.05, 0) is 34.9 Å². The highest BCUT2D eigenvalue weighted by Crippen LogP contribution is 2.27. The van der Waals surface area contributed by atoms with E-state index in [4.69, 9.17) is 14.2 Å². The molecule has 0 atom stereocenters. The van der Waals surface area contributed by atoms with Gasteiger partial charge in [-0.3, -0.25) is 4.79 Å². The molecule has 0 spiro atoms. The summed E-state index contributed by atoms with van der Waals surface area (Å²) in [5, 5.41) is 2.73. The standard InChI is InChI=1S/C24H23NO5/c1-28-21-13-12-17(14-22(21)29-2)15-25-23(26)16-30-24(27)20-11-7-6-10-19(20)18-8-4-3-5-9-18/h3-14H,15-16H2,1-2H3,(H,25,26). The number of carbonyl (C=O) groups excluding carboxylic acids is 2. The van der Waals surface area contributed by atoms with Crippen LogP contribution in [-0.2, 0) is 16.1 Å². The zero-order valence-corrected chi connectivity index (χ0v) is 16.9. The molecule has 0 radical (unpaired) electrons. The predicted octanol–water partition coefficient (Wildman–Crippen LogP) is 3.84. The van der Waals surface area contributed by atoms with Crippen molar-refractivity contribution in [1.29, 1.82) is 0 Å². The summed E-state index contributed by atoms with van der Waals surface area (Å²) in [6.45, 7) is -0.0907. The van der Waals surface area contributed by atoms with Gasteiger partial charge < -0.3 is 19.5 Å². The summed E-state index contributed by atoms with van der Waals surface area (Å²) in [5.41, 5.74) is 2.91. The molecule has 0 unspecified atom stereocenters. The molecule has 3 aromatic carbocycles. The van der Waals surface area contributed by atoms with Crippen molar-refractivity contribution in [3.05, 3.63) is 83.9 Å². The largest absolute Gasteiger partial charge is 0.493 e. The van der Waals surface area contributed by atoms with Crippen molar-refractivity contribution in [3.8, 4) is 22.6 Å². The second-order valence-electron chi connectivity index (χ2n) is 6.45. The normalized spacial score (nSPS) is 10.2. The van der Waals surface area contributed by atoms with E-state index in [1.165, 1.54) is 0 Å². The van der Waals surface area contributed by atoms with Crippen LogP contribution in [0.25, 0.3) is 11.1 Å². The van der Waals surface area contributed by atoms with Crippen LogP contribution in [0, 0.1) is 0 Å². The molecule has 1 N–H and O–H groups in total. The number of hydrogen-bond donors (Lipinski definition) is 1. The molecule has 0 aromatic heterocycles. The quantitative estimate of drug-likeness (QED) is 0.577.